The predicted molar refractivity (Wildman–Crippen MR) is 62.9 cm³/mol. The Hall–Kier alpha value is -1.40. The molecule has 0 aliphatic heterocycles. The van der Waals surface area contributed by atoms with E-state index in [1.807, 2.05) is 0 Å². The van der Waals surface area contributed by atoms with Crippen LogP contribution in [-0.4, -0.2) is 32.3 Å². The van der Waals surface area contributed by atoms with E-state index in [4.69, 9.17) is 5.14 Å². The zero-order chi connectivity index (χ0) is 12.6. The molecule has 0 radical (unpaired) electrons. The van der Waals surface area contributed by atoms with E-state index in [0.717, 1.165) is 12.8 Å². The fourth-order valence-electron chi connectivity index (χ4n) is 1.71. The van der Waals surface area contributed by atoms with E-state index in [1.54, 1.807) is 24.1 Å². The molecule has 0 unspecified atom stereocenters. The number of primary sulfonamides is 1. The van der Waals surface area contributed by atoms with Crippen LogP contribution >= 0.6 is 0 Å². The molecule has 1 aliphatic carbocycles. The topological polar surface area (TPSA) is 80.5 Å². The van der Waals surface area contributed by atoms with Gasteiger partial charge in [0.15, 0.2) is 0 Å². The second-order valence-corrected chi connectivity index (χ2v) is 5.72. The second kappa shape index (κ2) is 4.12. The fraction of sp³-hybridized carbons (Fsp3) is 0.364. The zero-order valence-corrected chi connectivity index (χ0v) is 10.3. The molecule has 1 aromatic carbocycles. The lowest BCUT2D eigenvalue weighted by atomic mass is 10.2. The molecule has 0 aromatic heterocycles. The van der Waals surface area contributed by atoms with Crippen molar-refractivity contribution in [3.63, 3.8) is 0 Å². The van der Waals surface area contributed by atoms with Crippen molar-refractivity contribution in [1.29, 1.82) is 0 Å². The molecule has 0 saturated heterocycles. The van der Waals surface area contributed by atoms with Gasteiger partial charge in [0.2, 0.25) is 10.0 Å². The van der Waals surface area contributed by atoms with Gasteiger partial charge < -0.3 is 4.90 Å². The highest BCUT2D eigenvalue weighted by Crippen LogP contribution is 2.27. The quantitative estimate of drug-likeness (QED) is 0.856. The van der Waals surface area contributed by atoms with Gasteiger partial charge in [0.1, 0.15) is 0 Å². The molecule has 0 heterocycles. The van der Waals surface area contributed by atoms with Crippen LogP contribution in [-0.2, 0) is 10.0 Å². The highest BCUT2D eigenvalue weighted by atomic mass is 32.2. The van der Waals surface area contributed by atoms with Gasteiger partial charge >= 0.3 is 0 Å². The highest BCUT2D eigenvalue weighted by molar-refractivity contribution is 7.89. The first-order valence-corrected chi connectivity index (χ1v) is 6.85. The Morgan fingerprint density at radius 3 is 2.47 bits per heavy atom. The molecule has 1 aliphatic rings. The van der Waals surface area contributed by atoms with Gasteiger partial charge in [0.25, 0.3) is 5.91 Å². The van der Waals surface area contributed by atoms with Gasteiger partial charge in [-0.15, -0.1) is 0 Å². The number of amides is 1. The SMILES string of the molecule is CN(C(=O)c1ccccc1S(N)(=O)=O)C1CC1. The molecule has 1 fully saturated rings. The zero-order valence-electron chi connectivity index (χ0n) is 9.46. The lowest BCUT2D eigenvalue weighted by Gasteiger charge is -2.17. The Morgan fingerprint density at radius 1 is 1.35 bits per heavy atom. The average Bonchev–Trinajstić information content (AvgIpc) is 3.10. The average molecular weight is 254 g/mol. The van der Waals surface area contributed by atoms with Crippen molar-refractivity contribution in [2.24, 2.45) is 5.14 Å². The standard InChI is InChI=1S/C11H14N2O3S/c1-13(8-6-7-8)11(14)9-4-2-3-5-10(9)17(12,15)16/h2-5,8H,6-7H2,1H3,(H2,12,15,16). The Bertz CT molecular complexity index is 550. The number of nitrogens with zero attached hydrogens (tertiary/aromatic N) is 1. The summed E-state index contributed by atoms with van der Waals surface area (Å²) in [5, 5.41) is 5.09. The van der Waals surface area contributed by atoms with Crippen LogP contribution in [0.2, 0.25) is 0 Å². The molecule has 5 nitrogen and oxygen atoms in total. The fourth-order valence-corrected chi connectivity index (χ4v) is 2.44. The minimum absolute atomic E-state index is 0.113. The minimum Gasteiger partial charge on any atom is -0.339 e. The molecule has 2 N–H and O–H groups in total. The van der Waals surface area contributed by atoms with Crippen LogP contribution in [0.3, 0.4) is 0 Å². The third kappa shape index (κ3) is 2.48. The number of hydrogen-bond donors (Lipinski definition) is 1. The third-order valence-corrected chi connectivity index (χ3v) is 3.81. The van der Waals surface area contributed by atoms with Crippen LogP contribution in [0.15, 0.2) is 29.2 Å². The Balaban J connectivity index is 2.41. The van der Waals surface area contributed by atoms with Crippen molar-refractivity contribution in [3.05, 3.63) is 29.8 Å². The molecule has 17 heavy (non-hydrogen) atoms. The minimum atomic E-state index is -3.86. The lowest BCUT2D eigenvalue weighted by Crippen LogP contribution is -2.30. The van der Waals surface area contributed by atoms with Gasteiger partial charge in [-0.3, -0.25) is 4.79 Å². The summed E-state index contributed by atoms with van der Waals surface area (Å²) in [6.07, 6.45) is 1.94. The van der Waals surface area contributed by atoms with Crippen molar-refractivity contribution in [2.45, 2.75) is 23.8 Å². The van der Waals surface area contributed by atoms with Gasteiger partial charge in [-0.25, -0.2) is 13.6 Å². The summed E-state index contributed by atoms with van der Waals surface area (Å²) in [7, 11) is -2.18. The van der Waals surface area contributed by atoms with Crippen molar-refractivity contribution in [2.75, 3.05) is 7.05 Å². The molecule has 0 atom stereocenters. The molecule has 1 saturated carbocycles. The van der Waals surface area contributed by atoms with E-state index >= 15 is 0 Å². The smallest absolute Gasteiger partial charge is 0.255 e. The summed E-state index contributed by atoms with van der Waals surface area (Å²) in [5.74, 6) is -0.294. The van der Waals surface area contributed by atoms with E-state index in [9.17, 15) is 13.2 Å². The van der Waals surface area contributed by atoms with E-state index in [1.165, 1.54) is 12.1 Å². The van der Waals surface area contributed by atoms with E-state index in [0.29, 0.717) is 0 Å². The van der Waals surface area contributed by atoms with Crippen molar-refractivity contribution < 1.29 is 13.2 Å². The normalized spacial score (nSPS) is 15.6. The van der Waals surface area contributed by atoms with Gasteiger partial charge in [-0.05, 0) is 25.0 Å². The van der Waals surface area contributed by atoms with Crippen LogP contribution in [0, 0.1) is 0 Å². The summed E-state index contributed by atoms with van der Waals surface area (Å²) < 4.78 is 22.7. The van der Waals surface area contributed by atoms with Crippen LogP contribution in [0.4, 0.5) is 0 Å². The number of nitrogens with two attached hydrogens (primary N) is 1. The summed E-state index contributed by atoms with van der Waals surface area (Å²) in [5.41, 5.74) is 0.143. The van der Waals surface area contributed by atoms with Crippen LogP contribution in [0.5, 0.6) is 0 Å². The molecule has 1 amide bonds. The maximum Gasteiger partial charge on any atom is 0.255 e. The molecule has 0 spiro atoms. The number of benzene rings is 1. The van der Waals surface area contributed by atoms with Gasteiger partial charge in [0.05, 0.1) is 10.5 Å². The number of sulfonamides is 1. The van der Waals surface area contributed by atoms with Gasteiger partial charge in [-0.1, -0.05) is 12.1 Å². The molecular weight excluding hydrogens is 240 g/mol. The maximum atomic E-state index is 12.1. The summed E-state index contributed by atoms with van der Waals surface area (Å²) in [6.45, 7) is 0. The van der Waals surface area contributed by atoms with Crippen molar-refractivity contribution >= 4 is 15.9 Å². The molecule has 92 valence electrons. The first kappa shape index (κ1) is 12.1. The summed E-state index contributed by atoms with van der Waals surface area (Å²) >= 11 is 0. The lowest BCUT2D eigenvalue weighted by molar-refractivity contribution is 0.0781. The third-order valence-electron chi connectivity index (χ3n) is 2.84. The predicted octanol–water partition coefficient (Wildman–Crippen LogP) is 0.568. The number of rotatable bonds is 3. The molecular formula is C11H14N2O3S. The highest BCUT2D eigenvalue weighted by Gasteiger charge is 2.31. The Morgan fingerprint density at radius 2 is 1.94 bits per heavy atom. The van der Waals surface area contributed by atoms with Crippen molar-refractivity contribution in [3.8, 4) is 0 Å². The number of hydrogen-bond acceptors (Lipinski definition) is 3. The van der Waals surface area contributed by atoms with Gasteiger partial charge in [0, 0.05) is 13.1 Å². The first-order valence-electron chi connectivity index (χ1n) is 5.30. The molecule has 6 heteroatoms. The summed E-state index contributed by atoms with van der Waals surface area (Å²) in [6, 6.07) is 6.25. The van der Waals surface area contributed by atoms with Gasteiger partial charge in [-0.2, -0.15) is 0 Å². The number of carbonyl (C=O) groups excluding carboxylic acids is 1. The maximum absolute atomic E-state index is 12.1. The largest absolute Gasteiger partial charge is 0.339 e. The van der Waals surface area contributed by atoms with Crippen LogP contribution < -0.4 is 5.14 Å². The van der Waals surface area contributed by atoms with Crippen molar-refractivity contribution in [1.82, 2.24) is 4.90 Å². The van der Waals surface area contributed by atoms with Crippen LogP contribution in [0.1, 0.15) is 23.2 Å². The molecule has 2 rings (SSSR count). The van der Waals surface area contributed by atoms with E-state index in [2.05, 4.69) is 0 Å². The molecule has 0 bridgehead atoms. The van der Waals surface area contributed by atoms with Crippen LogP contribution in [0.25, 0.3) is 0 Å². The number of carbonyl (C=O) groups is 1. The molecule has 1 aromatic rings. The second-order valence-electron chi connectivity index (χ2n) is 4.19. The van der Waals surface area contributed by atoms with E-state index < -0.39 is 10.0 Å². The monoisotopic (exact) mass is 254 g/mol. The summed E-state index contributed by atoms with van der Waals surface area (Å²) in [4.78, 5) is 13.6. The first-order chi connectivity index (χ1) is 7.91. The van der Waals surface area contributed by atoms with E-state index in [-0.39, 0.29) is 22.4 Å². The Labute approximate surface area is 100 Å². The Kier molecular flexibility index (Phi) is 2.92.